The van der Waals surface area contributed by atoms with Crippen molar-refractivity contribution in [3.63, 3.8) is 0 Å². The summed E-state index contributed by atoms with van der Waals surface area (Å²) >= 11 is 16.4. The highest BCUT2D eigenvalue weighted by Crippen LogP contribution is 2.50. The lowest BCUT2D eigenvalue weighted by molar-refractivity contribution is 0.425. The van der Waals surface area contributed by atoms with Crippen molar-refractivity contribution in [2.75, 3.05) is 0 Å². The second kappa shape index (κ2) is 23.5. The minimum Gasteiger partial charge on any atom is -0.423 e. The van der Waals surface area contributed by atoms with E-state index in [1.165, 1.54) is 38.9 Å². The molecule has 2 aliphatic rings. The molecule has 2 N–H and O–H groups in total. The second-order valence-corrected chi connectivity index (χ2v) is 23.5. The van der Waals surface area contributed by atoms with Gasteiger partial charge < -0.3 is 10.0 Å². The molecule has 0 saturated carbocycles. The molecule has 2 heterocycles. The summed E-state index contributed by atoms with van der Waals surface area (Å²) in [5.74, 6) is 3.69. The third-order valence-corrected chi connectivity index (χ3v) is 16.4. The highest BCUT2D eigenvalue weighted by Gasteiger charge is 2.37. The number of rotatable bonds is 8. The highest BCUT2D eigenvalue weighted by molar-refractivity contribution is 9.10. The maximum absolute atomic E-state index is 9.30. The van der Waals surface area contributed by atoms with Gasteiger partial charge in [0.05, 0.1) is 0 Å². The molecule has 0 atom stereocenters. The Kier molecular flexibility index (Phi) is 15.6. The van der Waals surface area contributed by atoms with Crippen molar-refractivity contribution in [2.24, 2.45) is 0 Å². The molecule has 0 saturated heterocycles. The molecule has 84 heavy (non-hydrogen) atoms. The third kappa shape index (κ3) is 11.4. The summed E-state index contributed by atoms with van der Waals surface area (Å²) in [6, 6.07) is 80.9. The van der Waals surface area contributed by atoms with Gasteiger partial charge in [0.25, 0.3) is 0 Å². The smallest absolute Gasteiger partial charge is 0.423 e. The van der Waals surface area contributed by atoms with Crippen LogP contribution in [0.15, 0.2) is 247 Å². The van der Waals surface area contributed by atoms with E-state index in [4.69, 9.17) is 38.2 Å². The monoisotopic (exact) mass is 1190 g/mol. The van der Waals surface area contributed by atoms with Crippen LogP contribution in [0.2, 0.25) is 10.0 Å². The lowest BCUT2D eigenvalue weighted by Crippen LogP contribution is -2.31. The van der Waals surface area contributed by atoms with Gasteiger partial charge in [-0.3, -0.25) is 0 Å². The zero-order valence-electron chi connectivity index (χ0n) is 46.4. The van der Waals surface area contributed by atoms with Crippen LogP contribution in [-0.4, -0.2) is 47.1 Å². The van der Waals surface area contributed by atoms with E-state index in [2.05, 4.69) is 119 Å². The summed E-state index contributed by atoms with van der Waals surface area (Å²) in [5, 5.41) is 19.9. The first-order chi connectivity index (χ1) is 40.7. The van der Waals surface area contributed by atoms with Gasteiger partial charge in [-0.1, -0.05) is 267 Å². The maximum atomic E-state index is 9.30. The molecule has 12 aromatic rings. The summed E-state index contributed by atoms with van der Waals surface area (Å²) in [6.07, 6.45) is 0. The molecule has 0 spiro atoms. The Labute approximate surface area is 508 Å². The standard InChI is InChI=1S/C36H26ClN3.C21H13BrClN3.C15H15BO2/c1-36(2)31-16-10-9-15-29(31)30-18-17-25(22-32(30)36)26-19-27(21-28(37)20-26)35-39-33(23-11-5-3-6-12-23)38-34(40-35)24-13-7-4-8-14-24;22-17-11-16(12-18(23)13-17)21-25-19(14-7-3-1-4-8-14)24-20(26-21)15-9-5-2-6-10-15;1-15(2)13-6-4-3-5-11(13)12-8-7-10(16(17)18)9-14(12)15/h3-22H,1-2H3;1-13H;3-9,17-18H,1-2H3. The molecule has 12 heteroatoms. The summed E-state index contributed by atoms with van der Waals surface area (Å²) in [4.78, 5) is 28.7. The first-order valence-electron chi connectivity index (χ1n) is 27.5. The average molecular weight is 1200 g/mol. The average Bonchev–Trinajstić information content (AvgIpc) is 1.94. The van der Waals surface area contributed by atoms with Crippen molar-refractivity contribution < 1.29 is 10.0 Å². The fourth-order valence-corrected chi connectivity index (χ4v) is 12.3. The molecule has 2 aromatic heterocycles. The first kappa shape index (κ1) is 55.8. The summed E-state index contributed by atoms with van der Waals surface area (Å²) < 4.78 is 0.878. The van der Waals surface area contributed by atoms with Crippen LogP contribution in [0.5, 0.6) is 0 Å². The van der Waals surface area contributed by atoms with E-state index in [0.29, 0.717) is 50.5 Å². The molecule has 0 unspecified atom stereocenters. The molecule has 0 aliphatic heterocycles. The van der Waals surface area contributed by atoms with Gasteiger partial charge >= 0.3 is 7.12 Å². The van der Waals surface area contributed by atoms with Crippen LogP contribution < -0.4 is 5.46 Å². The van der Waals surface area contributed by atoms with Crippen LogP contribution in [0.1, 0.15) is 49.9 Å². The summed E-state index contributed by atoms with van der Waals surface area (Å²) in [6.45, 7) is 8.94. The lowest BCUT2D eigenvalue weighted by atomic mass is 9.75. The molecule has 2 aliphatic carbocycles. The molecule has 408 valence electrons. The molecule has 10 aromatic carbocycles. The number of hydrogen-bond acceptors (Lipinski definition) is 8. The van der Waals surface area contributed by atoms with Crippen molar-refractivity contribution in [1.29, 1.82) is 0 Å². The predicted octanol–water partition coefficient (Wildman–Crippen LogP) is 17.5. The molecular weight excluding hydrogens is 1140 g/mol. The topological polar surface area (TPSA) is 118 Å². The maximum Gasteiger partial charge on any atom is 0.488 e. The van der Waals surface area contributed by atoms with Gasteiger partial charge in [0.1, 0.15) is 0 Å². The third-order valence-electron chi connectivity index (χ3n) is 15.5. The fraction of sp³-hybridized carbons (Fsp3) is 0.0833. The molecule has 14 rings (SSSR count). The minimum atomic E-state index is -1.41. The Hall–Kier alpha value is -8.74. The van der Waals surface area contributed by atoms with Gasteiger partial charge in [-0.15, -0.1) is 0 Å². The Bertz CT molecular complexity index is 4260. The van der Waals surface area contributed by atoms with Crippen molar-refractivity contribution >= 4 is 51.7 Å². The summed E-state index contributed by atoms with van der Waals surface area (Å²) in [7, 11) is -1.41. The lowest BCUT2D eigenvalue weighted by Gasteiger charge is -2.22. The van der Waals surface area contributed by atoms with Gasteiger partial charge in [-0.25, -0.2) is 29.9 Å². The molecule has 0 radical (unpaired) electrons. The van der Waals surface area contributed by atoms with Crippen molar-refractivity contribution in [3.05, 3.63) is 279 Å². The van der Waals surface area contributed by atoms with Gasteiger partial charge in [-0.05, 0) is 104 Å². The normalized spacial score (nSPS) is 12.8. The van der Waals surface area contributed by atoms with Gasteiger partial charge in [0.2, 0.25) is 0 Å². The number of halogens is 3. The van der Waals surface area contributed by atoms with E-state index < -0.39 is 7.12 Å². The highest BCUT2D eigenvalue weighted by atomic mass is 79.9. The van der Waals surface area contributed by atoms with Crippen LogP contribution in [0, 0.1) is 0 Å². The fourth-order valence-electron chi connectivity index (χ4n) is 11.2. The quantitative estimate of drug-likeness (QED) is 0.145. The Morgan fingerprint density at radius 3 is 1.06 bits per heavy atom. The summed E-state index contributed by atoms with van der Waals surface area (Å²) in [5.41, 5.74) is 18.2. The van der Waals surface area contributed by atoms with Crippen LogP contribution >= 0.6 is 39.1 Å². The van der Waals surface area contributed by atoms with Gasteiger partial charge in [-0.2, -0.15) is 0 Å². The number of benzene rings is 10. The van der Waals surface area contributed by atoms with Crippen LogP contribution in [0.3, 0.4) is 0 Å². The number of fused-ring (bicyclic) bond motifs is 6. The number of aromatic nitrogens is 6. The molecular formula is C72H54BBrCl2N6O2. The second-order valence-electron chi connectivity index (χ2n) is 21.7. The van der Waals surface area contributed by atoms with Crippen LogP contribution in [0.4, 0.5) is 0 Å². The van der Waals surface area contributed by atoms with Gasteiger partial charge in [0, 0.05) is 58.7 Å². The predicted molar refractivity (Wildman–Crippen MR) is 347 cm³/mol. The SMILES string of the molecule is CC1(C)c2ccccc2-c2ccc(-c3cc(Cl)cc(-c4nc(-c5ccccc5)nc(-c5ccccc5)n4)c3)cc21.CC1(C)c2ccccc2-c2ccc(B(O)O)cc21.Clc1cc(Br)cc(-c2nc(-c3ccccc3)nc(-c3ccccc3)n2)c1. The largest absolute Gasteiger partial charge is 0.488 e. The van der Waals surface area contributed by atoms with Crippen molar-refractivity contribution in [2.45, 2.75) is 38.5 Å². The minimum absolute atomic E-state index is 0.0767. The molecule has 8 nitrogen and oxygen atoms in total. The van der Waals surface area contributed by atoms with Crippen molar-refractivity contribution in [3.8, 4) is 102 Å². The van der Waals surface area contributed by atoms with Gasteiger partial charge in [0.15, 0.2) is 34.9 Å². The zero-order chi connectivity index (χ0) is 58.1. The Balaban J connectivity index is 0.000000135. The van der Waals surface area contributed by atoms with Crippen LogP contribution in [-0.2, 0) is 10.8 Å². The number of hydrogen-bond donors (Lipinski definition) is 2. The number of nitrogens with zero attached hydrogens (tertiary/aromatic N) is 6. The first-order valence-corrected chi connectivity index (χ1v) is 29.1. The van der Waals surface area contributed by atoms with E-state index in [1.807, 2.05) is 176 Å². The van der Waals surface area contributed by atoms with Crippen molar-refractivity contribution in [1.82, 2.24) is 29.9 Å². The Morgan fingerprint density at radius 1 is 0.310 bits per heavy atom. The molecule has 0 bridgehead atoms. The van der Waals surface area contributed by atoms with E-state index in [1.54, 1.807) is 6.07 Å². The van der Waals surface area contributed by atoms with E-state index in [0.717, 1.165) is 54.5 Å². The molecule has 0 amide bonds. The Morgan fingerprint density at radius 2 is 0.643 bits per heavy atom. The van der Waals surface area contributed by atoms with Crippen LogP contribution in [0.25, 0.3) is 102 Å². The van der Waals surface area contributed by atoms with E-state index >= 15 is 0 Å². The van der Waals surface area contributed by atoms with E-state index in [-0.39, 0.29) is 10.8 Å². The molecule has 0 fully saturated rings. The zero-order valence-corrected chi connectivity index (χ0v) is 49.5. The van der Waals surface area contributed by atoms with E-state index in [9.17, 15) is 10.0 Å².